The van der Waals surface area contributed by atoms with Crippen molar-refractivity contribution in [3.05, 3.63) is 42.2 Å². The lowest BCUT2D eigenvalue weighted by Gasteiger charge is -2.11. The number of benzene rings is 1. The Balaban J connectivity index is 2.04. The Bertz CT molecular complexity index is 587. The zero-order valence-electron chi connectivity index (χ0n) is 12.6. The van der Waals surface area contributed by atoms with Gasteiger partial charge in [0.2, 0.25) is 0 Å². The van der Waals surface area contributed by atoms with Gasteiger partial charge < -0.3 is 20.1 Å². The highest BCUT2D eigenvalue weighted by molar-refractivity contribution is 5.54. The minimum Gasteiger partial charge on any atom is -0.493 e. The zero-order chi connectivity index (χ0) is 15.1. The Morgan fingerprint density at radius 2 is 1.67 bits per heavy atom. The van der Waals surface area contributed by atoms with Crippen LogP contribution >= 0.6 is 0 Å². The topological polar surface area (TPSA) is 55.4 Å². The lowest BCUT2D eigenvalue weighted by molar-refractivity contribution is 0.354. The Labute approximate surface area is 125 Å². The van der Waals surface area contributed by atoms with E-state index in [0.29, 0.717) is 6.54 Å². The number of aromatic nitrogens is 1. The van der Waals surface area contributed by atoms with Gasteiger partial charge in [-0.3, -0.25) is 4.98 Å². The van der Waals surface area contributed by atoms with E-state index < -0.39 is 0 Å². The van der Waals surface area contributed by atoms with Crippen LogP contribution in [0.1, 0.15) is 12.5 Å². The van der Waals surface area contributed by atoms with E-state index in [1.165, 1.54) is 0 Å². The third kappa shape index (κ3) is 4.02. The molecule has 0 aliphatic carbocycles. The van der Waals surface area contributed by atoms with E-state index in [4.69, 9.17) is 9.47 Å². The van der Waals surface area contributed by atoms with Crippen LogP contribution in [-0.4, -0.2) is 25.7 Å². The molecule has 5 heteroatoms. The van der Waals surface area contributed by atoms with Crippen molar-refractivity contribution in [2.24, 2.45) is 0 Å². The normalized spacial score (nSPS) is 10.0. The van der Waals surface area contributed by atoms with Crippen LogP contribution in [0.5, 0.6) is 11.5 Å². The minimum atomic E-state index is 0.692. The number of nitrogens with zero attached hydrogens (tertiary/aromatic N) is 1. The van der Waals surface area contributed by atoms with E-state index in [-0.39, 0.29) is 0 Å². The predicted molar refractivity (Wildman–Crippen MR) is 85.3 cm³/mol. The van der Waals surface area contributed by atoms with Crippen molar-refractivity contribution < 1.29 is 9.47 Å². The molecular formula is C16H21N3O2. The number of pyridine rings is 1. The Hall–Kier alpha value is -2.43. The van der Waals surface area contributed by atoms with Crippen molar-refractivity contribution in [2.75, 3.05) is 31.4 Å². The van der Waals surface area contributed by atoms with Crippen molar-refractivity contribution in [1.29, 1.82) is 0 Å². The summed E-state index contributed by atoms with van der Waals surface area (Å²) in [6.45, 7) is 3.63. The van der Waals surface area contributed by atoms with Crippen LogP contribution in [0.3, 0.4) is 0 Å². The summed E-state index contributed by atoms with van der Waals surface area (Å²) in [5.41, 5.74) is 3.10. The molecule has 2 N–H and O–H groups in total. The van der Waals surface area contributed by atoms with Crippen LogP contribution < -0.4 is 20.1 Å². The van der Waals surface area contributed by atoms with Crippen LogP contribution in [-0.2, 0) is 6.54 Å². The smallest absolute Gasteiger partial charge is 0.161 e. The number of nitrogens with one attached hydrogen (secondary N) is 2. The number of ether oxygens (including phenoxy) is 2. The first-order valence-electron chi connectivity index (χ1n) is 6.90. The van der Waals surface area contributed by atoms with E-state index in [2.05, 4.69) is 22.5 Å². The van der Waals surface area contributed by atoms with E-state index in [1.807, 2.05) is 36.7 Å². The molecule has 0 aliphatic rings. The first kappa shape index (κ1) is 15.0. The molecule has 112 valence electrons. The van der Waals surface area contributed by atoms with Gasteiger partial charge in [0.25, 0.3) is 0 Å². The van der Waals surface area contributed by atoms with Gasteiger partial charge in [-0.1, -0.05) is 6.07 Å². The molecule has 1 aromatic carbocycles. The van der Waals surface area contributed by atoms with E-state index in [1.54, 1.807) is 14.2 Å². The van der Waals surface area contributed by atoms with Gasteiger partial charge >= 0.3 is 0 Å². The number of anilines is 2. The number of hydrogen-bond acceptors (Lipinski definition) is 5. The highest BCUT2D eigenvalue weighted by Crippen LogP contribution is 2.27. The summed E-state index contributed by atoms with van der Waals surface area (Å²) in [4.78, 5) is 4.21. The van der Waals surface area contributed by atoms with Crippen molar-refractivity contribution in [3.63, 3.8) is 0 Å². The van der Waals surface area contributed by atoms with Gasteiger partial charge in [0.05, 0.1) is 38.0 Å². The molecule has 21 heavy (non-hydrogen) atoms. The minimum absolute atomic E-state index is 0.692. The fraction of sp³-hybridized carbons (Fsp3) is 0.312. The molecule has 2 aromatic rings. The van der Waals surface area contributed by atoms with Gasteiger partial charge in [-0.2, -0.15) is 0 Å². The van der Waals surface area contributed by atoms with Crippen LogP contribution in [0.2, 0.25) is 0 Å². The fourth-order valence-electron chi connectivity index (χ4n) is 2.03. The zero-order valence-corrected chi connectivity index (χ0v) is 12.6. The monoisotopic (exact) mass is 287 g/mol. The summed E-state index contributed by atoms with van der Waals surface area (Å²) in [5.74, 6) is 1.47. The average Bonchev–Trinajstić information content (AvgIpc) is 2.53. The highest BCUT2D eigenvalue weighted by Gasteiger charge is 2.04. The summed E-state index contributed by atoms with van der Waals surface area (Å²) >= 11 is 0. The van der Waals surface area contributed by atoms with Gasteiger partial charge in [0.1, 0.15) is 0 Å². The summed E-state index contributed by atoms with van der Waals surface area (Å²) in [6, 6.07) is 7.92. The van der Waals surface area contributed by atoms with E-state index in [0.717, 1.165) is 35.0 Å². The summed E-state index contributed by atoms with van der Waals surface area (Å²) in [5, 5.41) is 6.59. The molecule has 0 fully saturated rings. The lowest BCUT2D eigenvalue weighted by Crippen LogP contribution is -2.02. The maximum absolute atomic E-state index is 5.30. The molecule has 1 aromatic heterocycles. The standard InChI is InChI=1S/C16H21N3O2/c1-4-18-13-8-14(11-17-10-13)19-9-12-5-6-15(20-2)16(7-12)21-3/h5-8,10-11,18-19H,4,9H2,1-3H3. The molecule has 0 atom stereocenters. The molecule has 0 saturated heterocycles. The van der Waals surface area contributed by atoms with Crippen LogP contribution in [0.15, 0.2) is 36.7 Å². The maximum atomic E-state index is 5.30. The van der Waals surface area contributed by atoms with Crippen LogP contribution in [0.4, 0.5) is 11.4 Å². The second-order valence-corrected chi connectivity index (χ2v) is 4.54. The van der Waals surface area contributed by atoms with Crippen LogP contribution in [0.25, 0.3) is 0 Å². The Morgan fingerprint density at radius 1 is 0.952 bits per heavy atom. The van der Waals surface area contributed by atoms with Crippen molar-refractivity contribution in [1.82, 2.24) is 4.98 Å². The molecule has 0 spiro atoms. The molecule has 0 amide bonds. The van der Waals surface area contributed by atoms with Crippen LogP contribution in [0, 0.1) is 0 Å². The van der Waals surface area contributed by atoms with Gasteiger partial charge in [0, 0.05) is 13.1 Å². The third-order valence-electron chi connectivity index (χ3n) is 3.06. The molecule has 0 aliphatic heterocycles. The molecule has 1 heterocycles. The molecule has 0 saturated carbocycles. The first-order valence-corrected chi connectivity index (χ1v) is 6.90. The Morgan fingerprint density at radius 3 is 2.33 bits per heavy atom. The second kappa shape index (κ2) is 7.38. The molecule has 0 unspecified atom stereocenters. The molecular weight excluding hydrogens is 266 g/mol. The largest absolute Gasteiger partial charge is 0.493 e. The third-order valence-corrected chi connectivity index (χ3v) is 3.06. The highest BCUT2D eigenvalue weighted by atomic mass is 16.5. The van der Waals surface area contributed by atoms with Gasteiger partial charge in [-0.25, -0.2) is 0 Å². The molecule has 0 radical (unpaired) electrons. The second-order valence-electron chi connectivity index (χ2n) is 4.54. The van der Waals surface area contributed by atoms with Crippen molar-refractivity contribution >= 4 is 11.4 Å². The Kier molecular flexibility index (Phi) is 5.26. The molecule has 0 bridgehead atoms. The summed E-state index contributed by atoms with van der Waals surface area (Å²) in [7, 11) is 3.27. The van der Waals surface area contributed by atoms with Gasteiger partial charge in [-0.15, -0.1) is 0 Å². The van der Waals surface area contributed by atoms with E-state index >= 15 is 0 Å². The predicted octanol–water partition coefficient (Wildman–Crippen LogP) is 3.14. The van der Waals surface area contributed by atoms with Crippen molar-refractivity contribution in [3.8, 4) is 11.5 Å². The fourth-order valence-corrected chi connectivity index (χ4v) is 2.03. The lowest BCUT2D eigenvalue weighted by atomic mass is 10.2. The molecule has 2 rings (SSSR count). The maximum Gasteiger partial charge on any atom is 0.161 e. The molecule has 5 nitrogen and oxygen atoms in total. The number of rotatable bonds is 7. The SMILES string of the molecule is CCNc1cncc(NCc2ccc(OC)c(OC)c2)c1. The first-order chi connectivity index (χ1) is 10.3. The average molecular weight is 287 g/mol. The number of hydrogen-bond donors (Lipinski definition) is 2. The number of methoxy groups -OCH3 is 2. The van der Waals surface area contributed by atoms with Crippen molar-refractivity contribution in [2.45, 2.75) is 13.5 Å². The van der Waals surface area contributed by atoms with Gasteiger partial charge in [0.15, 0.2) is 11.5 Å². The van der Waals surface area contributed by atoms with E-state index in [9.17, 15) is 0 Å². The quantitative estimate of drug-likeness (QED) is 0.819. The summed E-state index contributed by atoms with van der Waals surface area (Å²) in [6.07, 6.45) is 3.62. The summed E-state index contributed by atoms with van der Waals surface area (Å²) < 4.78 is 10.5. The van der Waals surface area contributed by atoms with Gasteiger partial charge in [-0.05, 0) is 30.7 Å².